The monoisotopic (exact) mass is 752 g/mol. The number of allylic oxidation sites excluding steroid dienone is 10. The van der Waals surface area contributed by atoms with Crippen molar-refractivity contribution in [2.45, 2.75) is 148 Å². The number of nitrogens with zero attached hydrogens (tertiary/aromatic N) is 1. The second kappa shape index (κ2) is 33.5. The Morgan fingerprint density at radius 3 is 1.90 bits per heavy atom. The summed E-state index contributed by atoms with van der Waals surface area (Å²) in [5.41, 5.74) is 0. The van der Waals surface area contributed by atoms with Crippen molar-refractivity contribution >= 4 is 13.7 Å². The lowest BCUT2D eigenvalue weighted by molar-refractivity contribution is -0.870. The van der Waals surface area contributed by atoms with Crippen LogP contribution in [0.4, 0.5) is 0 Å². The molecule has 0 aliphatic rings. The van der Waals surface area contributed by atoms with E-state index in [1.165, 1.54) is 51.4 Å². The summed E-state index contributed by atoms with van der Waals surface area (Å²) in [4.78, 5) is 23.0. The van der Waals surface area contributed by atoms with Crippen molar-refractivity contribution in [1.29, 1.82) is 0 Å². The van der Waals surface area contributed by atoms with Gasteiger partial charge in [0.15, 0.2) is 0 Å². The molecule has 2 unspecified atom stereocenters. The summed E-state index contributed by atoms with van der Waals surface area (Å²) in [6.45, 7) is 4.49. The summed E-state index contributed by atoms with van der Waals surface area (Å²) in [7, 11) is 1.44. The van der Waals surface area contributed by atoms with Crippen molar-refractivity contribution in [1.82, 2.24) is 5.32 Å². The average Bonchev–Trinajstić information content (AvgIpc) is 3.08. The van der Waals surface area contributed by atoms with Crippen LogP contribution in [0, 0.1) is 0 Å². The lowest BCUT2D eigenvalue weighted by Gasteiger charge is -2.25. The van der Waals surface area contributed by atoms with Gasteiger partial charge < -0.3 is 24.9 Å². The number of nitrogens with one attached hydrogen (secondary N) is 1. The Morgan fingerprint density at radius 1 is 0.731 bits per heavy atom. The fraction of sp³-hybridized carbons (Fsp3) is 0.690. The second-order valence-corrected chi connectivity index (χ2v) is 15.9. The highest BCUT2D eigenvalue weighted by Crippen LogP contribution is 2.43. The molecule has 0 aliphatic carbocycles. The number of carbonyl (C=O) groups excluding carboxylic acids is 1. The van der Waals surface area contributed by atoms with Crippen LogP contribution in [0.1, 0.15) is 129 Å². The Labute approximate surface area is 317 Å². The third kappa shape index (κ3) is 35.0. The number of phosphoric ester groups is 1. The van der Waals surface area contributed by atoms with E-state index >= 15 is 0 Å². The number of aliphatic hydroxyl groups is 2. The third-order valence-electron chi connectivity index (χ3n) is 8.29. The summed E-state index contributed by atoms with van der Waals surface area (Å²) >= 11 is 0. The minimum absolute atomic E-state index is 0.0225. The molecule has 0 aliphatic heterocycles. The number of amides is 1. The van der Waals surface area contributed by atoms with Crippen LogP contribution in [0.3, 0.4) is 0 Å². The van der Waals surface area contributed by atoms with Crippen molar-refractivity contribution in [3.8, 4) is 0 Å². The lowest BCUT2D eigenvalue weighted by Crippen LogP contribution is -2.45. The van der Waals surface area contributed by atoms with Gasteiger partial charge in [0.05, 0.1) is 46.0 Å². The molecule has 52 heavy (non-hydrogen) atoms. The molecule has 0 rings (SSSR count). The maximum atomic E-state index is 12.8. The molecule has 1 amide bonds. The fourth-order valence-corrected chi connectivity index (χ4v) is 5.80. The zero-order chi connectivity index (χ0) is 38.8. The first kappa shape index (κ1) is 49.9. The zero-order valence-electron chi connectivity index (χ0n) is 33.4. The summed E-state index contributed by atoms with van der Waals surface area (Å²) in [5.74, 6) is -0.343. The molecule has 10 heteroatoms. The Balaban J connectivity index is 4.75. The largest absolute Gasteiger partial charge is 0.472 e. The summed E-state index contributed by atoms with van der Waals surface area (Å²) in [6, 6.07) is -0.943. The number of hydrogen-bond acceptors (Lipinski definition) is 6. The average molecular weight is 752 g/mol. The van der Waals surface area contributed by atoms with Gasteiger partial charge in [0.25, 0.3) is 0 Å². The molecular formula is C42H76N2O7P+. The Bertz CT molecular complexity index is 1090. The molecule has 0 spiro atoms. The quantitative estimate of drug-likeness (QED) is 0.0170. The number of quaternary nitrogens is 1. The van der Waals surface area contributed by atoms with Gasteiger partial charge in [0, 0.05) is 6.42 Å². The van der Waals surface area contributed by atoms with Crippen LogP contribution in [-0.2, 0) is 18.4 Å². The number of likely N-dealkylation sites (N-methyl/N-ethyl adjacent to an activating group) is 1. The van der Waals surface area contributed by atoms with Crippen LogP contribution in [-0.4, -0.2) is 84.6 Å². The van der Waals surface area contributed by atoms with Gasteiger partial charge in [0.1, 0.15) is 13.2 Å². The maximum absolute atomic E-state index is 12.8. The van der Waals surface area contributed by atoms with E-state index in [0.29, 0.717) is 23.9 Å². The predicted molar refractivity (Wildman–Crippen MR) is 218 cm³/mol. The molecule has 0 heterocycles. The Kier molecular flexibility index (Phi) is 32.1. The van der Waals surface area contributed by atoms with Gasteiger partial charge >= 0.3 is 7.82 Å². The Morgan fingerprint density at radius 2 is 1.31 bits per heavy atom. The standard InChI is InChI=1S/C42H75N2O7P/c1-6-8-10-12-14-16-18-20-21-23-25-27-29-32-39(45)33-31-35-42(47)43-40(38-51-52(48,49)50-37-36-44(3,4)5)41(46)34-30-28-26-24-22-19-17-15-13-11-9-7-2/h8,10,14,16,20-21,25,27,29-30,32,34,39-41,45-46H,6-7,9,11-13,15,17-19,22-24,26,28,31,33,35-38H2,1-5H3,(H-,43,47,48,49)/p+1/b10-8-,16-14-,21-20-,27-25-,32-29+,34-30+/t39?,40-,41+/m0/s1. The number of carbonyl (C=O) groups is 1. The molecule has 300 valence electrons. The Hall–Kier alpha value is -2.10. The van der Waals surface area contributed by atoms with Crippen molar-refractivity contribution in [3.63, 3.8) is 0 Å². The number of aliphatic hydroxyl groups excluding tert-OH is 2. The van der Waals surface area contributed by atoms with Gasteiger partial charge in [-0.15, -0.1) is 0 Å². The number of hydrogen-bond donors (Lipinski definition) is 4. The third-order valence-corrected chi connectivity index (χ3v) is 9.27. The highest BCUT2D eigenvalue weighted by Gasteiger charge is 2.27. The minimum atomic E-state index is -4.39. The van der Waals surface area contributed by atoms with Gasteiger partial charge in [0.2, 0.25) is 5.91 Å². The van der Waals surface area contributed by atoms with Gasteiger partial charge in [-0.2, -0.15) is 0 Å². The van der Waals surface area contributed by atoms with Crippen molar-refractivity contribution in [2.75, 3.05) is 40.9 Å². The van der Waals surface area contributed by atoms with Gasteiger partial charge in [-0.1, -0.05) is 145 Å². The SMILES string of the molecule is CC/C=C\C/C=C\C/C=C\C/C=C\C=C\C(O)CCCC(=O)N[C@@H](COP(=O)(O)OCC[N+](C)(C)C)[C@H](O)/C=C/CCCCCCCCCCCC. The molecule has 0 aromatic carbocycles. The molecule has 0 saturated carbocycles. The van der Waals surface area contributed by atoms with Crippen LogP contribution in [0.15, 0.2) is 72.9 Å². The fourth-order valence-electron chi connectivity index (χ4n) is 5.07. The molecule has 9 nitrogen and oxygen atoms in total. The van der Waals surface area contributed by atoms with E-state index in [-0.39, 0.29) is 18.9 Å². The first-order chi connectivity index (χ1) is 24.9. The van der Waals surface area contributed by atoms with Gasteiger partial charge in [-0.3, -0.25) is 13.8 Å². The van der Waals surface area contributed by atoms with Crippen molar-refractivity contribution in [3.05, 3.63) is 72.9 Å². The van der Waals surface area contributed by atoms with Gasteiger partial charge in [-0.05, 0) is 51.4 Å². The smallest absolute Gasteiger partial charge is 0.389 e. The summed E-state index contributed by atoms with van der Waals surface area (Å²) < 4.78 is 23.4. The van der Waals surface area contributed by atoms with Crippen molar-refractivity contribution in [2.24, 2.45) is 0 Å². The van der Waals surface area contributed by atoms with Crippen molar-refractivity contribution < 1.29 is 38.0 Å². The van der Waals surface area contributed by atoms with Crippen LogP contribution < -0.4 is 5.32 Å². The molecule has 0 radical (unpaired) electrons. The van der Waals surface area contributed by atoms with Crippen LogP contribution in [0.2, 0.25) is 0 Å². The van der Waals surface area contributed by atoms with Crippen LogP contribution >= 0.6 is 7.82 Å². The minimum Gasteiger partial charge on any atom is -0.389 e. The molecule has 4 N–H and O–H groups in total. The lowest BCUT2D eigenvalue weighted by atomic mass is 10.1. The number of phosphoric acid groups is 1. The number of rotatable bonds is 34. The molecular weight excluding hydrogens is 675 g/mol. The first-order valence-electron chi connectivity index (χ1n) is 19.9. The van der Waals surface area contributed by atoms with E-state index in [2.05, 4.69) is 55.6 Å². The second-order valence-electron chi connectivity index (χ2n) is 14.5. The molecule has 0 saturated heterocycles. The molecule has 0 aromatic heterocycles. The van der Waals surface area contributed by atoms with E-state index in [0.717, 1.165) is 44.9 Å². The van der Waals surface area contributed by atoms with E-state index in [1.807, 2.05) is 39.4 Å². The first-order valence-corrected chi connectivity index (χ1v) is 21.4. The van der Waals surface area contributed by atoms with E-state index < -0.39 is 32.7 Å². The molecule has 4 atom stereocenters. The molecule has 0 fully saturated rings. The molecule has 0 bridgehead atoms. The normalized spacial score (nSPS) is 15.9. The maximum Gasteiger partial charge on any atom is 0.472 e. The molecule has 0 aromatic rings. The number of unbranched alkanes of at least 4 members (excludes halogenated alkanes) is 10. The predicted octanol–water partition coefficient (Wildman–Crippen LogP) is 9.43. The summed E-state index contributed by atoms with van der Waals surface area (Å²) in [5, 5.41) is 24.0. The van der Waals surface area contributed by atoms with Crippen LogP contribution in [0.5, 0.6) is 0 Å². The highest BCUT2D eigenvalue weighted by molar-refractivity contribution is 7.47. The highest BCUT2D eigenvalue weighted by atomic mass is 31.2. The van der Waals surface area contributed by atoms with Crippen LogP contribution in [0.25, 0.3) is 0 Å². The zero-order valence-corrected chi connectivity index (χ0v) is 34.3. The van der Waals surface area contributed by atoms with E-state index in [9.17, 15) is 24.5 Å². The van der Waals surface area contributed by atoms with E-state index in [1.54, 1.807) is 18.2 Å². The summed E-state index contributed by atoms with van der Waals surface area (Å²) in [6.07, 6.45) is 40.0. The van der Waals surface area contributed by atoms with E-state index in [4.69, 9.17) is 9.05 Å². The van der Waals surface area contributed by atoms with Gasteiger partial charge in [-0.25, -0.2) is 4.57 Å². The topological polar surface area (TPSA) is 125 Å².